The van der Waals surface area contributed by atoms with Gasteiger partial charge in [-0.3, -0.25) is 0 Å². The van der Waals surface area contributed by atoms with E-state index in [-0.39, 0.29) is 0 Å². The molecule has 1 aromatic carbocycles. The summed E-state index contributed by atoms with van der Waals surface area (Å²) < 4.78 is 0. The van der Waals surface area contributed by atoms with Gasteiger partial charge in [0.25, 0.3) is 0 Å². The van der Waals surface area contributed by atoms with Crippen LogP contribution in [0.25, 0.3) is 0 Å². The van der Waals surface area contributed by atoms with Crippen molar-refractivity contribution in [2.24, 2.45) is 0 Å². The Balaban J connectivity index is 2.87. The maximum atomic E-state index is 2.31. The molecule has 1 nitrogen and oxygen atoms in total. The second-order valence-electron chi connectivity index (χ2n) is 3.77. The molecule has 1 heteroatoms. The van der Waals surface area contributed by atoms with E-state index in [9.17, 15) is 0 Å². The van der Waals surface area contributed by atoms with Crippen molar-refractivity contribution in [1.82, 2.24) is 0 Å². The molecule has 13 heavy (non-hydrogen) atoms. The number of rotatable bonds is 3. The van der Waals surface area contributed by atoms with Crippen LogP contribution in [-0.2, 0) is 0 Å². The van der Waals surface area contributed by atoms with Crippen molar-refractivity contribution in [3.63, 3.8) is 0 Å². The summed E-state index contributed by atoms with van der Waals surface area (Å²) in [7, 11) is 2.15. The molecule has 0 aliphatic heterocycles. The Morgan fingerprint density at radius 3 is 2.08 bits per heavy atom. The maximum Gasteiger partial charge on any atom is 0.0368 e. The molecule has 0 heterocycles. The van der Waals surface area contributed by atoms with Gasteiger partial charge in [0, 0.05) is 19.3 Å². The predicted molar refractivity (Wildman–Crippen MR) is 59.5 cm³/mol. The van der Waals surface area contributed by atoms with Crippen molar-refractivity contribution in [2.75, 3.05) is 18.5 Å². The lowest BCUT2D eigenvalue weighted by Crippen LogP contribution is -2.17. The molecule has 0 saturated heterocycles. The van der Waals surface area contributed by atoms with E-state index in [2.05, 4.69) is 50.9 Å². The Labute approximate surface area is 81.4 Å². The van der Waals surface area contributed by atoms with Crippen LogP contribution >= 0.6 is 0 Å². The summed E-state index contributed by atoms with van der Waals surface area (Å²) in [6.07, 6.45) is 1.20. The number of aryl methyl sites for hydroxylation is 2. The van der Waals surface area contributed by atoms with Crippen LogP contribution in [-0.4, -0.2) is 13.6 Å². The monoisotopic (exact) mass is 177 g/mol. The minimum absolute atomic E-state index is 1.13. The topological polar surface area (TPSA) is 3.24 Å². The van der Waals surface area contributed by atoms with Crippen LogP contribution in [0.3, 0.4) is 0 Å². The fourth-order valence-corrected chi connectivity index (χ4v) is 1.64. The van der Waals surface area contributed by atoms with Gasteiger partial charge in [-0.25, -0.2) is 0 Å². The van der Waals surface area contributed by atoms with E-state index in [0.717, 1.165) is 6.54 Å². The van der Waals surface area contributed by atoms with Gasteiger partial charge in [0.1, 0.15) is 0 Å². The van der Waals surface area contributed by atoms with E-state index in [1.54, 1.807) is 0 Å². The summed E-state index contributed by atoms with van der Waals surface area (Å²) in [6.45, 7) is 7.63. The quantitative estimate of drug-likeness (QED) is 0.685. The SMILES string of the molecule is CCCN(C)c1cc(C)cc(C)c1. The zero-order valence-electron chi connectivity index (χ0n) is 9.09. The van der Waals surface area contributed by atoms with Gasteiger partial charge in [0.05, 0.1) is 0 Å². The zero-order chi connectivity index (χ0) is 9.84. The lowest BCUT2D eigenvalue weighted by molar-refractivity contribution is 0.851. The van der Waals surface area contributed by atoms with Gasteiger partial charge < -0.3 is 4.90 Å². The Morgan fingerprint density at radius 1 is 1.08 bits per heavy atom. The van der Waals surface area contributed by atoms with Crippen molar-refractivity contribution in [3.8, 4) is 0 Å². The van der Waals surface area contributed by atoms with Crippen LogP contribution in [0.5, 0.6) is 0 Å². The normalized spacial score (nSPS) is 10.2. The van der Waals surface area contributed by atoms with Crippen molar-refractivity contribution < 1.29 is 0 Å². The van der Waals surface area contributed by atoms with Gasteiger partial charge in [0.2, 0.25) is 0 Å². The third kappa shape index (κ3) is 2.76. The number of nitrogens with zero attached hydrogens (tertiary/aromatic N) is 1. The first kappa shape index (κ1) is 10.1. The largest absolute Gasteiger partial charge is 0.375 e. The average molecular weight is 177 g/mol. The van der Waals surface area contributed by atoms with Gasteiger partial charge in [-0.2, -0.15) is 0 Å². The fraction of sp³-hybridized carbons (Fsp3) is 0.500. The Morgan fingerprint density at radius 2 is 1.62 bits per heavy atom. The number of hydrogen-bond acceptors (Lipinski definition) is 1. The van der Waals surface area contributed by atoms with Crippen LogP contribution in [0, 0.1) is 13.8 Å². The van der Waals surface area contributed by atoms with E-state index >= 15 is 0 Å². The lowest BCUT2D eigenvalue weighted by Gasteiger charge is -2.19. The van der Waals surface area contributed by atoms with Gasteiger partial charge in [0.15, 0.2) is 0 Å². The highest BCUT2D eigenvalue weighted by Gasteiger charge is 2.00. The van der Waals surface area contributed by atoms with E-state index in [1.807, 2.05) is 0 Å². The van der Waals surface area contributed by atoms with Gasteiger partial charge in [-0.05, 0) is 43.5 Å². The van der Waals surface area contributed by atoms with Crippen LogP contribution in [0.15, 0.2) is 18.2 Å². The summed E-state index contributed by atoms with van der Waals surface area (Å²) in [5.41, 5.74) is 4.02. The smallest absolute Gasteiger partial charge is 0.0368 e. The van der Waals surface area contributed by atoms with Crippen LogP contribution < -0.4 is 4.90 Å². The molecular weight excluding hydrogens is 158 g/mol. The molecule has 0 spiro atoms. The van der Waals surface area contributed by atoms with E-state index in [4.69, 9.17) is 0 Å². The third-order valence-corrected chi connectivity index (χ3v) is 2.21. The molecule has 1 aromatic rings. The van der Waals surface area contributed by atoms with Gasteiger partial charge in [-0.15, -0.1) is 0 Å². The van der Waals surface area contributed by atoms with Crippen molar-refractivity contribution >= 4 is 5.69 Å². The molecule has 0 N–H and O–H groups in total. The molecule has 0 bridgehead atoms. The molecule has 0 radical (unpaired) electrons. The summed E-state index contributed by atoms with van der Waals surface area (Å²) in [6, 6.07) is 6.69. The van der Waals surface area contributed by atoms with Crippen LogP contribution in [0.1, 0.15) is 24.5 Å². The molecule has 0 aliphatic rings. The second kappa shape index (κ2) is 4.31. The minimum Gasteiger partial charge on any atom is -0.375 e. The second-order valence-corrected chi connectivity index (χ2v) is 3.77. The molecule has 0 saturated carbocycles. The Bertz CT molecular complexity index is 258. The molecular formula is C12H19N. The fourth-order valence-electron chi connectivity index (χ4n) is 1.64. The first-order valence-electron chi connectivity index (χ1n) is 4.93. The molecule has 0 unspecified atom stereocenters. The lowest BCUT2D eigenvalue weighted by atomic mass is 10.1. The standard InChI is InChI=1S/C12H19N/c1-5-6-13(4)12-8-10(2)7-11(3)9-12/h7-9H,5-6H2,1-4H3. The highest BCUT2D eigenvalue weighted by molar-refractivity contribution is 5.50. The molecule has 0 atom stereocenters. The van der Waals surface area contributed by atoms with Crippen molar-refractivity contribution in [1.29, 1.82) is 0 Å². The third-order valence-electron chi connectivity index (χ3n) is 2.21. The summed E-state index contributed by atoms with van der Waals surface area (Å²) in [4.78, 5) is 2.31. The van der Waals surface area contributed by atoms with Crippen molar-refractivity contribution in [2.45, 2.75) is 27.2 Å². The Hall–Kier alpha value is -0.980. The molecule has 1 rings (SSSR count). The predicted octanol–water partition coefficient (Wildman–Crippen LogP) is 3.15. The summed E-state index contributed by atoms with van der Waals surface area (Å²) in [5.74, 6) is 0. The molecule has 72 valence electrons. The summed E-state index contributed by atoms with van der Waals surface area (Å²) in [5, 5.41) is 0. The first-order chi connectivity index (χ1) is 6.13. The van der Waals surface area contributed by atoms with E-state index < -0.39 is 0 Å². The van der Waals surface area contributed by atoms with Gasteiger partial charge in [-0.1, -0.05) is 13.0 Å². The van der Waals surface area contributed by atoms with Crippen LogP contribution in [0.4, 0.5) is 5.69 Å². The zero-order valence-corrected chi connectivity index (χ0v) is 9.09. The Kier molecular flexibility index (Phi) is 3.35. The molecule has 0 amide bonds. The molecule has 0 aliphatic carbocycles. The van der Waals surface area contributed by atoms with E-state index in [0.29, 0.717) is 0 Å². The number of hydrogen-bond donors (Lipinski definition) is 0. The first-order valence-corrected chi connectivity index (χ1v) is 4.93. The number of anilines is 1. The van der Waals surface area contributed by atoms with Crippen LogP contribution in [0.2, 0.25) is 0 Å². The molecule has 0 fully saturated rings. The summed E-state index contributed by atoms with van der Waals surface area (Å²) >= 11 is 0. The molecule has 0 aromatic heterocycles. The van der Waals surface area contributed by atoms with E-state index in [1.165, 1.54) is 23.2 Å². The highest BCUT2D eigenvalue weighted by atomic mass is 15.1. The average Bonchev–Trinajstić information content (AvgIpc) is 2.03. The van der Waals surface area contributed by atoms with Gasteiger partial charge >= 0.3 is 0 Å². The van der Waals surface area contributed by atoms with Crippen molar-refractivity contribution in [3.05, 3.63) is 29.3 Å². The highest BCUT2D eigenvalue weighted by Crippen LogP contribution is 2.17. The maximum absolute atomic E-state index is 2.31. The number of benzene rings is 1. The minimum atomic E-state index is 1.13.